The molecule has 0 aliphatic heterocycles. The standard InChI is InChI=1S/C16H30NO11P5S3/c18-32(19,20)13-17(14-33(21,22)23)8-7-15-3-5-16(6-4-15)28-31(36)27-12-2-11-26-30(35)25-10-1-9-24-29-34/h3-6,18-23H,1-2,7-14H2/q+4. The highest BCUT2D eigenvalue weighted by atomic mass is 32.4. The number of nitrogens with zero attached hydrogens (tertiary/aromatic N) is 1. The lowest BCUT2D eigenvalue weighted by atomic mass is 10.1. The van der Waals surface area contributed by atoms with Gasteiger partial charge in [0.2, 0.25) is 23.6 Å². The van der Waals surface area contributed by atoms with E-state index < -0.39 is 42.8 Å². The van der Waals surface area contributed by atoms with Crippen molar-refractivity contribution < 1.29 is 52.0 Å². The zero-order valence-electron chi connectivity index (χ0n) is 19.0. The maximum atomic E-state index is 9.26. The maximum Gasteiger partial charge on any atom is 0.573 e. The number of rotatable bonds is 21. The number of hydrogen-bond donors (Lipinski definition) is 6. The second kappa shape index (κ2) is 19.1. The van der Waals surface area contributed by atoms with Crippen LogP contribution in [0.2, 0.25) is 0 Å². The first-order valence-electron chi connectivity index (χ1n) is 10.3. The van der Waals surface area contributed by atoms with Crippen molar-refractivity contribution in [1.82, 2.24) is 4.90 Å². The lowest BCUT2D eigenvalue weighted by Gasteiger charge is -2.20. The van der Waals surface area contributed by atoms with Crippen LogP contribution in [0.15, 0.2) is 24.3 Å². The first-order chi connectivity index (χ1) is 16.9. The van der Waals surface area contributed by atoms with Crippen LogP contribution in [-0.4, -0.2) is 79.8 Å². The normalized spacial score (nSPS) is 13.3. The summed E-state index contributed by atoms with van der Waals surface area (Å²) >= 11 is 15.0. The molecule has 0 spiro atoms. The summed E-state index contributed by atoms with van der Waals surface area (Å²) in [6.07, 6.45) is 0.457. The predicted octanol–water partition coefficient (Wildman–Crippen LogP) is 3.02. The van der Waals surface area contributed by atoms with Gasteiger partial charge in [0.25, 0.3) is 0 Å². The third-order valence-corrected chi connectivity index (χ3v) is 8.79. The number of hydrogen-bond acceptors (Lipinski definition) is 15. The zero-order valence-corrected chi connectivity index (χ0v) is 25.9. The molecule has 0 saturated carbocycles. The third kappa shape index (κ3) is 20.0. The average Bonchev–Trinajstić information content (AvgIpc) is 2.76. The summed E-state index contributed by atoms with van der Waals surface area (Å²) in [5.41, 5.74) is 0.824. The molecule has 2 atom stereocenters. The molecule has 12 nitrogen and oxygen atoms in total. The molecular formula is C16H30NO11P5S3+4. The predicted molar refractivity (Wildman–Crippen MR) is 150 cm³/mol. The first kappa shape index (κ1) is 35.0. The molecule has 20 heteroatoms. The van der Waals surface area contributed by atoms with Crippen LogP contribution in [0.4, 0.5) is 0 Å². The van der Waals surface area contributed by atoms with Crippen LogP contribution in [0.1, 0.15) is 18.4 Å². The molecule has 204 valence electrons. The van der Waals surface area contributed by atoms with Crippen molar-refractivity contribution in [3.63, 3.8) is 0 Å². The van der Waals surface area contributed by atoms with Gasteiger partial charge >= 0.3 is 30.2 Å². The summed E-state index contributed by atoms with van der Waals surface area (Å²) in [6.45, 7) is 1.81. The monoisotopic (exact) mass is 663 g/mol. The highest BCUT2D eigenvalue weighted by molar-refractivity contribution is 8.01. The summed E-state index contributed by atoms with van der Waals surface area (Å²) < 4.78 is 26.9. The van der Waals surface area contributed by atoms with Crippen molar-refractivity contribution in [2.75, 3.05) is 45.5 Å². The van der Waals surface area contributed by atoms with Crippen LogP contribution in [0, 0.1) is 0 Å². The van der Waals surface area contributed by atoms with Crippen molar-refractivity contribution in [3.8, 4) is 5.75 Å². The second-order valence-electron chi connectivity index (χ2n) is 7.11. The van der Waals surface area contributed by atoms with Gasteiger partial charge in [0, 0.05) is 13.0 Å². The Balaban J connectivity index is 2.30. The Kier molecular flexibility index (Phi) is 18.6. The van der Waals surface area contributed by atoms with Crippen molar-refractivity contribution in [2.24, 2.45) is 0 Å². The van der Waals surface area contributed by atoms with Gasteiger partial charge in [-0.15, -0.1) is 13.6 Å². The fourth-order valence-electron chi connectivity index (χ4n) is 2.51. The molecule has 0 heterocycles. The van der Waals surface area contributed by atoms with E-state index in [1.165, 1.54) is 4.90 Å². The van der Waals surface area contributed by atoms with E-state index in [0.29, 0.717) is 59.0 Å². The van der Waals surface area contributed by atoms with Crippen LogP contribution in [0.3, 0.4) is 0 Å². The Morgan fingerprint density at radius 2 is 1.28 bits per heavy atom. The topological polar surface area (TPSA) is 171 Å². The quantitative estimate of drug-likeness (QED) is 0.0838. The van der Waals surface area contributed by atoms with Crippen LogP contribution < -0.4 is 4.52 Å². The van der Waals surface area contributed by atoms with Crippen LogP contribution in [0.25, 0.3) is 0 Å². The van der Waals surface area contributed by atoms with Gasteiger partial charge in [0.15, 0.2) is 18.3 Å². The smallest absolute Gasteiger partial charge is 0.317 e. The molecule has 0 bridgehead atoms. The van der Waals surface area contributed by atoms with Crippen LogP contribution >= 0.6 is 37.8 Å². The Bertz CT molecular complexity index is 798. The van der Waals surface area contributed by atoms with E-state index in [9.17, 15) is 29.4 Å². The van der Waals surface area contributed by atoms with Gasteiger partial charge in [0.1, 0.15) is 27.4 Å². The molecule has 2 unspecified atom stereocenters. The molecule has 0 saturated heterocycles. The second-order valence-corrected chi connectivity index (χ2v) is 14.9. The van der Waals surface area contributed by atoms with E-state index in [1.807, 2.05) is 0 Å². The Morgan fingerprint density at radius 1 is 0.778 bits per heavy atom. The molecule has 0 radical (unpaired) electrons. The van der Waals surface area contributed by atoms with E-state index in [1.54, 1.807) is 24.3 Å². The number of benzene rings is 1. The molecule has 0 fully saturated rings. The van der Waals surface area contributed by atoms with Crippen molar-refractivity contribution >= 4 is 73.2 Å². The fraction of sp³-hybridized carbons (Fsp3) is 0.625. The minimum Gasteiger partial charge on any atom is -0.317 e. The summed E-state index contributed by atoms with van der Waals surface area (Å²) in [4.78, 5) is 56.7. The van der Waals surface area contributed by atoms with Gasteiger partial charge in [-0.1, -0.05) is 12.1 Å². The molecule has 36 heavy (non-hydrogen) atoms. The fourth-order valence-corrected chi connectivity index (χ4v) is 6.84. The molecule has 6 N–H and O–H groups in total. The van der Waals surface area contributed by atoms with Gasteiger partial charge in [-0.2, -0.15) is 29.4 Å². The summed E-state index contributed by atoms with van der Waals surface area (Å²) in [5, 5.41) is 0. The average molecular weight is 663 g/mol. The maximum absolute atomic E-state index is 9.26. The van der Waals surface area contributed by atoms with Gasteiger partial charge in [-0.3, -0.25) is 4.52 Å². The van der Waals surface area contributed by atoms with Crippen LogP contribution in [0.5, 0.6) is 5.75 Å². The largest absolute Gasteiger partial charge is 0.573 e. The molecule has 0 aliphatic carbocycles. The highest BCUT2D eigenvalue weighted by Crippen LogP contribution is 2.49. The van der Waals surface area contributed by atoms with Crippen molar-refractivity contribution in [3.05, 3.63) is 29.8 Å². The lowest BCUT2D eigenvalue weighted by molar-refractivity contribution is 0.224. The highest BCUT2D eigenvalue weighted by Gasteiger charge is 2.40. The first-order valence-corrected chi connectivity index (χ1v) is 20.1. The van der Waals surface area contributed by atoms with Gasteiger partial charge < -0.3 is 4.52 Å². The Morgan fingerprint density at radius 3 is 1.78 bits per heavy atom. The van der Waals surface area contributed by atoms with Gasteiger partial charge in [0.05, 0.1) is 6.61 Å². The Hall–Kier alpha value is 1.000. The zero-order chi connectivity index (χ0) is 27.0. The van der Waals surface area contributed by atoms with Crippen molar-refractivity contribution in [2.45, 2.75) is 19.3 Å². The van der Waals surface area contributed by atoms with E-state index in [-0.39, 0.29) is 6.54 Å². The molecule has 0 amide bonds. The molecule has 1 aromatic rings. The van der Waals surface area contributed by atoms with E-state index in [2.05, 4.69) is 11.8 Å². The minimum atomic E-state index is -4.19. The Labute approximate surface area is 229 Å². The van der Waals surface area contributed by atoms with E-state index in [0.717, 1.165) is 5.56 Å². The van der Waals surface area contributed by atoms with Gasteiger partial charge in [-0.05, 0) is 42.3 Å². The molecule has 0 aromatic heterocycles. The summed E-state index contributed by atoms with van der Waals surface area (Å²) in [6, 6.07) is 6.90. The van der Waals surface area contributed by atoms with E-state index in [4.69, 9.17) is 46.2 Å². The van der Waals surface area contributed by atoms with Gasteiger partial charge in [-0.25, -0.2) is 4.90 Å². The van der Waals surface area contributed by atoms with Crippen LogP contribution in [-0.2, 0) is 59.9 Å². The molecular weight excluding hydrogens is 633 g/mol. The minimum absolute atomic E-state index is 0.132. The summed E-state index contributed by atoms with van der Waals surface area (Å²) in [7, 11) is -10.9. The van der Waals surface area contributed by atoms with Crippen molar-refractivity contribution in [1.29, 1.82) is 0 Å². The summed E-state index contributed by atoms with van der Waals surface area (Å²) in [5.74, 6) is 0.506. The third-order valence-electron chi connectivity index (χ3n) is 3.91. The molecule has 1 rings (SSSR count). The van der Waals surface area contributed by atoms with E-state index >= 15 is 0 Å². The lowest BCUT2D eigenvalue weighted by Crippen LogP contribution is -2.30. The molecule has 1 aromatic carbocycles. The molecule has 0 aliphatic rings. The SMILES string of the molecule is O[P+](O)(O)CN(CCc1ccc(O[P+](=S)OCCCO[P+](=S)OCCCOP=S)cc1)C[P+](O)(O)O.